The van der Waals surface area contributed by atoms with Gasteiger partial charge in [-0.1, -0.05) is 12.1 Å². The van der Waals surface area contributed by atoms with E-state index >= 15 is 0 Å². The molecule has 0 saturated heterocycles. The normalized spacial score (nSPS) is 12.7. The van der Waals surface area contributed by atoms with Gasteiger partial charge in [0.2, 0.25) is 0 Å². The number of urea groups is 1. The molecule has 0 fully saturated rings. The number of ether oxygens (including phenoxy) is 1. The third-order valence-corrected chi connectivity index (χ3v) is 2.53. The summed E-state index contributed by atoms with van der Waals surface area (Å²) in [5, 5.41) is 1.72. The SMILES string of the molecule is CC(OC(=O)C=Cc1cccc(C(F)(F)F)c1)C(=O)NC(N)=O. The standard InChI is InChI=1S/C14H13F3N2O4/c1-8(12(21)19-13(18)22)23-11(20)6-5-9-3-2-4-10(7-9)14(15,16)17/h2-8H,1H3,(H3,18,19,21,22). The van der Waals surface area contributed by atoms with Gasteiger partial charge in [0.1, 0.15) is 0 Å². The summed E-state index contributed by atoms with van der Waals surface area (Å²) in [7, 11) is 0. The minimum absolute atomic E-state index is 0.131. The summed E-state index contributed by atoms with van der Waals surface area (Å²) in [6, 6.07) is 3.20. The number of nitrogens with one attached hydrogen (secondary N) is 1. The highest BCUT2D eigenvalue weighted by molar-refractivity contribution is 5.97. The maximum absolute atomic E-state index is 12.5. The number of halogens is 3. The third kappa shape index (κ3) is 6.20. The van der Waals surface area contributed by atoms with Gasteiger partial charge < -0.3 is 10.5 Å². The fourth-order valence-electron chi connectivity index (χ4n) is 1.47. The average molecular weight is 330 g/mol. The van der Waals surface area contributed by atoms with E-state index in [9.17, 15) is 27.6 Å². The van der Waals surface area contributed by atoms with E-state index in [0.717, 1.165) is 24.3 Å². The van der Waals surface area contributed by atoms with Crippen molar-refractivity contribution in [3.05, 3.63) is 41.5 Å². The molecular weight excluding hydrogens is 317 g/mol. The van der Waals surface area contributed by atoms with Gasteiger partial charge in [-0.25, -0.2) is 9.59 Å². The van der Waals surface area contributed by atoms with E-state index in [0.29, 0.717) is 0 Å². The number of nitrogens with two attached hydrogens (primary N) is 1. The molecular formula is C14H13F3N2O4. The first-order valence-corrected chi connectivity index (χ1v) is 6.26. The van der Waals surface area contributed by atoms with Gasteiger partial charge in [-0.15, -0.1) is 0 Å². The van der Waals surface area contributed by atoms with Crippen LogP contribution in [0.1, 0.15) is 18.1 Å². The highest BCUT2D eigenvalue weighted by Crippen LogP contribution is 2.29. The van der Waals surface area contributed by atoms with Crippen LogP contribution in [0.15, 0.2) is 30.3 Å². The molecule has 9 heteroatoms. The van der Waals surface area contributed by atoms with Crippen molar-refractivity contribution in [1.29, 1.82) is 0 Å². The van der Waals surface area contributed by atoms with Crippen LogP contribution in [0.4, 0.5) is 18.0 Å². The minimum atomic E-state index is -4.49. The zero-order chi connectivity index (χ0) is 17.6. The summed E-state index contributed by atoms with van der Waals surface area (Å²) < 4.78 is 42.3. The van der Waals surface area contributed by atoms with E-state index in [1.165, 1.54) is 19.1 Å². The van der Waals surface area contributed by atoms with Gasteiger partial charge in [0.05, 0.1) is 5.56 Å². The summed E-state index contributed by atoms with van der Waals surface area (Å²) in [5.41, 5.74) is 4.00. The lowest BCUT2D eigenvalue weighted by Crippen LogP contribution is -2.42. The van der Waals surface area contributed by atoms with Crippen LogP contribution < -0.4 is 11.1 Å². The number of esters is 1. The first-order chi connectivity index (χ1) is 10.6. The number of carbonyl (C=O) groups is 3. The fourth-order valence-corrected chi connectivity index (χ4v) is 1.47. The molecule has 1 rings (SSSR count). The number of benzene rings is 1. The molecule has 0 heterocycles. The molecule has 0 radical (unpaired) electrons. The smallest absolute Gasteiger partial charge is 0.416 e. The van der Waals surface area contributed by atoms with Crippen LogP contribution in [-0.2, 0) is 20.5 Å². The molecule has 124 valence electrons. The van der Waals surface area contributed by atoms with Gasteiger partial charge >= 0.3 is 18.2 Å². The first-order valence-electron chi connectivity index (χ1n) is 6.26. The summed E-state index contributed by atoms with van der Waals surface area (Å²) in [5.74, 6) is -1.88. The van der Waals surface area contributed by atoms with Crippen LogP contribution in [0.3, 0.4) is 0 Å². The Balaban J connectivity index is 2.69. The van der Waals surface area contributed by atoms with E-state index in [1.807, 2.05) is 0 Å². The van der Waals surface area contributed by atoms with Gasteiger partial charge in [0, 0.05) is 6.08 Å². The third-order valence-electron chi connectivity index (χ3n) is 2.53. The molecule has 0 aliphatic carbocycles. The van der Waals surface area contributed by atoms with Crippen LogP contribution in [0.2, 0.25) is 0 Å². The summed E-state index contributed by atoms with van der Waals surface area (Å²) in [6.07, 6.45) is -3.81. The van der Waals surface area contributed by atoms with Gasteiger partial charge in [-0.05, 0) is 30.7 Å². The number of hydrogen-bond acceptors (Lipinski definition) is 4. The molecule has 0 bridgehead atoms. The predicted octanol–water partition coefficient (Wildman–Crippen LogP) is 1.85. The van der Waals surface area contributed by atoms with Crippen molar-refractivity contribution in [3.8, 4) is 0 Å². The molecule has 6 nitrogen and oxygen atoms in total. The minimum Gasteiger partial charge on any atom is -0.449 e. The van der Waals surface area contributed by atoms with Crippen molar-refractivity contribution in [3.63, 3.8) is 0 Å². The lowest BCUT2D eigenvalue weighted by atomic mass is 10.1. The maximum Gasteiger partial charge on any atom is 0.416 e. The zero-order valence-corrected chi connectivity index (χ0v) is 11.9. The topological polar surface area (TPSA) is 98.5 Å². The molecule has 0 aliphatic heterocycles. The number of imide groups is 1. The summed E-state index contributed by atoms with van der Waals surface area (Å²) in [6.45, 7) is 1.20. The molecule has 0 spiro atoms. The van der Waals surface area contributed by atoms with E-state index in [4.69, 9.17) is 5.73 Å². The molecule has 1 unspecified atom stereocenters. The highest BCUT2D eigenvalue weighted by atomic mass is 19.4. The van der Waals surface area contributed by atoms with Gasteiger partial charge in [0.15, 0.2) is 6.10 Å². The second kappa shape index (κ2) is 7.43. The Kier molecular flexibility index (Phi) is 5.88. The lowest BCUT2D eigenvalue weighted by Gasteiger charge is -2.10. The number of hydrogen-bond donors (Lipinski definition) is 2. The average Bonchev–Trinajstić information content (AvgIpc) is 2.43. The van der Waals surface area contributed by atoms with Crippen molar-refractivity contribution in [2.75, 3.05) is 0 Å². The quantitative estimate of drug-likeness (QED) is 0.650. The van der Waals surface area contributed by atoms with Crippen molar-refractivity contribution >= 4 is 24.0 Å². The van der Waals surface area contributed by atoms with Crippen molar-refractivity contribution < 1.29 is 32.3 Å². The summed E-state index contributed by atoms with van der Waals surface area (Å²) >= 11 is 0. The number of alkyl halides is 3. The van der Waals surface area contributed by atoms with Gasteiger partial charge in [0.25, 0.3) is 5.91 Å². The van der Waals surface area contributed by atoms with Gasteiger partial charge in [-0.2, -0.15) is 13.2 Å². The zero-order valence-electron chi connectivity index (χ0n) is 11.9. The van der Waals surface area contributed by atoms with E-state index in [1.54, 1.807) is 5.32 Å². The number of amides is 3. The van der Waals surface area contributed by atoms with Crippen LogP contribution in [0.25, 0.3) is 6.08 Å². The fraction of sp³-hybridized carbons (Fsp3) is 0.214. The molecule has 1 aromatic carbocycles. The van der Waals surface area contributed by atoms with E-state index in [2.05, 4.69) is 4.74 Å². The van der Waals surface area contributed by atoms with Crippen molar-refractivity contribution in [1.82, 2.24) is 5.32 Å². The molecule has 1 aromatic rings. The van der Waals surface area contributed by atoms with Crippen molar-refractivity contribution in [2.24, 2.45) is 5.73 Å². The first kappa shape index (κ1) is 18.2. The number of rotatable bonds is 4. The van der Waals surface area contributed by atoms with Crippen LogP contribution in [-0.4, -0.2) is 24.0 Å². The Morgan fingerprint density at radius 2 is 1.96 bits per heavy atom. The van der Waals surface area contributed by atoms with Gasteiger partial charge in [-0.3, -0.25) is 10.1 Å². The van der Waals surface area contributed by atoms with E-state index in [-0.39, 0.29) is 5.56 Å². The van der Waals surface area contributed by atoms with Crippen LogP contribution in [0, 0.1) is 0 Å². The molecule has 0 saturated carbocycles. The maximum atomic E-state index is 12.5. The molecule has 0 aliphatic rings. The Hall–Kier alpha value is -2.84. The molecule has 0 aromatic heterocycles. The molecule has 3 amide bonds. The Bertz CT molecular complexity index is 641. The van der Waals surface area contributed by atoms with Crippen LogP contribution in [0.5, 0.6) is 0 Å². The molecule has 3 N–H and O–H groups in total. The Morgan fingerprint density at radius 3 is 2.52 bits per heavy atom. The number of carbonyl (C=O) groups excluding carboxylic acids is 3. The monoisotopic (exact) mass is 330 g/mol. The lowest BCUT2D eigenvalue weighted by molar-refractivity contribution is -0.149. The predicted molar refractivity (Wildman–Crippen MR) is 73.8 cm³/mol. The second-order valence-electron chi connectivity index (χ2n) is 4.39. The van der Waals surface area contributed by atoms with E-state index < -0.39 is 35.8 Å². The Morgan fingerprint density at radius 1 is 1.30 bits per heavy atom. The highest BCUT2D eigenvalue weighted by Gasteiger charge is 2.30. The largest absolute Gasteiger partial charge is 0.449 e. The molecule has 1 atom stereocenters. The van der Waals surface area contributed by atoms with Crippen LogP contribution >= 0.6 is 0 Å². The molecule has 23 heavy (non-hydrogen) atoms. The number of primary amides is 1. The second-order valence-corrected chi connectivity index (χ2v) is 4.39. The summed E-state index contributed by atoms with van der Waals surface area (Å²) in [4.78, 5) is 33.2. The Labute approximate surface area is 129 Å². The van der Waals surface area contributed by atoms with Crippen molar-refractivity contribution in [2.45, 2.75) is 19.2 Å².